The number of amides is 1. The highest BCUT2D eigenvalue weighted by Gasteiger charge is 2.09. The number of hydrogen-bond acceptors (Lipinski definition) is 5. The largest absolute Gasteiger partial charge is 0.494 e. The molecule has 166 valence electrons. The second-order valence-electron chi connectivity index (χ2n) is 6.82. The van der Waals surface area contributed by atoms with Gasteiger partial charge in [-0.1, -0.05) is 31.2 Å². The summed E-state index contributed by atoms with van der Waals surface area (Å²) in [5.41, 5.74) is 1.20. The van der Waals surface area contributed by atoms with Crippen LogP contribution in [0.15, 0.2) is 78.9 Å². The average molecular weight is 451 g/mol. The Labute approximate surface area is 193 Å². The van der Waals surface area contributed by atoms with Gasteiger partial charge < -0.3 is 19.5 Å². The lowest BCUT2D eigenvalue weighted by atomic mass is 10.2. The van der Waals surface area contributed by atoms with Gasteiger partial charge in [-0.25, -0.2) is 0 Å². The third-order valence-corrected chi connectivity index (χ3v) is 4.48. The monoisotopic (exact) mass is 450 g/mol. The predicted molar refractivity (Wildman–Crippen MR) is 130 cm³/mol. The molecule has 0 aliphatic rings. The van der Waals surface area contributed by atoms with E-state index in [-0.39, 0.29) is 11.0 Å². The smallest absolute Gasteiger partial charge is 0.257 e. The van der Waals surface area contributed by atoms with E-state index in [9.17, 15) is 4.79 Å². The van der Waals surface area contributed by atoms with Gasteiger partial charge in [-0.2, -0.15) is 0 Å². The van der Waals surface area contributed by atoms with E-state index in [0.29, 0.717) is 36.8 Å². The van der Waals surface area contributed by atoms with Crippen molar-refractivity contribution in [2.45, 2.75) is 13.3 Å². The van der Waals surface area contributed by atoms with Gasteiger partial charge in [0.05, 0.1) is 6.61 Å². The quantitative estimate of drug-likeness (QED) is 0.332. The SMILES string of the molecule is CCCOc1ccc(C(=O)NC(=S)Nc2cccc(OCCOc3ccccc3)c2)cc1. The van der Waals surface area contributed by atoms with Crippen molar-refractivity contribution in [3.8, 4) is 17.2 Å². The third kappa shape index (κ3) is 7.59. The van der Waals surface area contributed by atoms with Gasteiger partial charge >= 0.3 is 0 Å². The summed E-state index contributed by atoms with van der Waals surface area (Å²) in [5, 5.41) is 5.88. The van der Waals surface area contributed by atoms with Gasteiger partial charge in [0.1, 0.15) is 30.5 Å². The summed E-state index contributed by atoms with van der Waals surface area (Å²) in [7, 11) is 0. The third-order valence-electron chi connectivity index (χ3n) is 4.27. The van der Waals surface area contributed by atoms with Gasteiger partial charge in [-0.05, 0) is 67.2 Å². The Hall–Kier alpha value is -3.58. The lowest BCUT2D eigenvalue weighted by molar-refractivity contribution is 0.0977. The van der Waals surface area contributed by atoms with Crippen LogP contribution in [0.5, 0.6) is 17.2 Å². The Morgan fingerprint density at radius 1 is 0.781 bits per heavy atom. The zero-order valence-electron chi connectivity index (χ0n) is 17.9. The summed E-state index contributed by atoms with van der Waals surface area (Å²) < 4.78 is 16.9. The lowest BCUT2D eigenvalue weighted by Gasteiger charge is -2.12. The van der Waals surface area contributed by atoms with Gasteiger partial charge in [-0.15, -0.1) is 0 Å². The normalized spacial score (nSPS) is 10.2. The van der Waals surface area contributed by atoms with E-state index in [1.54, 1.807) is 30.3 Å². The Morgan fingerprint density at radius 3 is 2.12 bits per heavy atom. The molecule has 1 amide bonds. The molecular formula is C25H26N2O4S. The van der Waals surface area contributed by atoms with Crippen LogP contribution in [0.2, 0.25) is 0 Å². The second-order valence-corrected chi connectivity index (χ2v) is 7.23. The highest BCUT2D eigenvalue weighted by Crippen LogP contribution is 2.18. The summed E-state index contributed by atoms with van der Waals surface area (Å²) in [5.74, 6) is 1.91. The Kier molecular flexibility index (Phi) is 8.89. The van der Waals surface area contributed by atoms with E-state index in [4.69, 9.17) is 26.4 Å². The fourth-order valence-electron chi connectivity index (χ4n) is 2.76. The maximum Gasteiger partial charge on any atom is 0.257 e. The van der Waals surface area contributed by atoms with Gasteiger partial charge in [0.15, 0.2) is 5.11 Å². The number of rotatable bonds is 10. The number of hydrogen-bond donors (Lipinski definition) is 2. The molecule has 0 aliphatic carbocycles. The van der Waals surface area contributed by atoms with E-state index >= 15 is 0 Å². The van der Waals surface area contributed by atoms with Crippen LogP contribution >= 0.6 is 12.2 Å². The maximum atomic E-state index is 12.4. The summed E-state index contributed by atoms with van der Waals surface area (Å²) in [6.07, 6.45) is 0.926. The molecule has 0 aliphatic heterocycles. The summed E-state index contributed by atoms with van der Waals surface area (Å²) in [4.78, 5) is 12.4. The number of ether oxygens (including phenoxy) is 3. The van der Waals surface area contributed by atoms with Crippen LogP contribution in [0.25, 0.3) is 0 Å². The van der Waals surface area contributed by atoms with Gasteiger partial charge in [0.25, 0.3) is 5.91 Å². The molecule has 0 atom stereocenters. The lowest BCUT2D eigenvalue weighted by Crippen LogP contribution is -2.34. The Balaban J connectivity index is 1.44. The fourth-order valence-corrected chi connectivity index (χ4v) is 2.97. The van der Waals surface area contributed by atoms with E-state index in [1.807, 2.05) is 55.5 Å². The second kappa shape index (κ2) is 12.3. The van der Waals surface area contributed by atoms with E-state index in [0.717, 1.165) is 17.9 Å². The molecule has 2 N–H and O–H groups in total. The van der Waals surface area contributed by atoms with E-state index in [1.165, 1.54) is 0 Å². The minimum Gasteiger partial charge on any atom is -0.494 e. The number of carbonyl (C=O) groups is 1. The first kappa shape index (κ1) is 23.1. The molecule has 0 spiro atoms. The highest BCUT2D eigenvalue weighted by atomic mass is 32.1. The van der Waals surface area contributed by atoms with Crippen molar-refractivity contribution in [3.05, 3.63) is 84.4 Å². The van der Waals surface area contributed by atoms with Crippen molar-refractivity contribution in [1.82, 2.24) is 5.32 Å². The topological polar surface area (TPSA) is 68.8 Å². The number of benzene rings is 3. The number of carbonyl (C=O) groups excluding carboxylic acids is 1. The molecule has 0 heterocycles. The minimum atomic E-state index is -0.296. The summed E-state index contributed by atoms with van der Waals surface area (Å²) >= 11 is 5.27. The standard InChI is InChI=1S/C25H26N2O4S/c1-2-15-29-22-13-11-19(12-14-22)24(28)27-25(32)26-20-7-6-10-23(18-20)31-17-16-30-21-8-4-3-5-9-21/h3-14,18H,2,15-17H2,1H3,(H2,26,27,28,32). The van der Waals surface area contributed by atoms with Crippen molar-refractivity contribution in [2.24, 2.45) is 0 Å². The molecular weight excluding hydrogens is 424 g/mol. The van der Waals surface area contributed by atoms with Crippen LogP contribution in [-0.4, -0.2) is 30.8 Å². The van der Waals surface area contributed by atoms with Crippen LogP contribution in [-0.2, 0) is 0 Å². The summed E-state index contributed by atoms with van der Waals surface area (Å²) in [6.45, 7) is 3.51. The first-order valence-corrected chi connectivity index (χ1v) is 10.8. The summed E-state index contributed by atoms with van der Waals surface area (Å²) in [6, 6.07) is 23.8. The number of para-hydroxylation sites is 1. The fraction of sp³-hybridized carbons (Fsp3) is 0.200. The molecule has 3 aromatic carbocycles. The van der Waals surface area contributed by atoms with Crippen LogP contribution in [0.3, 0.4) is 0 Å². The first-order chi connectivity index (χ1) is 15.6. The van der Waals surface area contributed by atoms with Crippen molar-refractivity contribution in [3.63, 3.8) is 0 Å². The molecule has 0 bridgehead atoms. The number of thiocarbonyl (C=S) groups is 1. The molecule has 0 saturated heterocycles. The van der Waals surface area contributed by atoms with E-state index in [2.05, 4.69) is 10.6 Å². The van der Waals surface area contributed by atoms with Gasteiger partial charge in [0, 0.05) is 17.3 Å². The number of anilines is 1. The zero-order chi connectivity index (χ0) is 22.6. The minimum absolute atomic E-state index is 0.200. The van der Waals surface area contributed by atoms with Gasteiger partial charge in [-0.3, -0.25) is 10.1 Å². The molecule has 0 fully saturated rings. The molecule has 0 aromatic heterocycles. The highest BCUT2D eigenvalue weighted by molar-refractivity contribution is 7.80. The van der Waals surface area contributed by atoms with Crippen LogP contribution < -0.4 is 24.8 Å². The van der Waals surface area contributed by atoms with E-state index < -0.39 is 0 Å². The van der Waals surface area contributed by atoms with Crippen LogP contribution in [0.1, 0.15) is 23.7 Å². The molecule has 7 heteroatoms. The molecule has 0 radical (unpaired) electrons. The predicted octanol–water partition coefficient (Wildman–Crippen LogP) is 5.06. The maximum absolute atomic E-state index is 12.4. The Bertz CT molecular complexity index is 1010. The van der Waals surface area contributed by atoms with Crippen LogP contribution in [0.4, 0.5) is 5.69 Å². The van der Waals surface area contributed by atoms with Crippen molar-refractivity contribution >= 4 is 28.9 Å². The van der Waals surface area contributed by atoms with Crippen molar-refractivity contribution in [1.29, 1.82) is 0 Å². The average Bonchev–Trinajstić information content (AvgIpc) is 2.81. The molecule has 0 unspecified atom stereocenters. The number of nitrogens with one attached hydrogen (secondary N) is 2. The van der Waals surface area contributed by atoms with Crippen molar-refractivity contribution in [2.75, 3.05) is 25.1 Å². The molecule has 3 rings (SSSR count). The molecule has 32 heavy (non-hydrogen) atoms. The molecule has 0 saturated carbocycles. The van der Waals surface area contributed by atoms with Crippen molar-refractivity contribution < 1.29 is 19.0 Å². The molecule has 6 nitrogen and oxygen atoms in total. The van der Waals surface area contributed by atoms with Crippen LogP contribution in [0, 0.1) is 0 Å². The Morgan fingerprint density at radius 2 is 1.41 bits per heavy atom. The molecule has 3 aromatic rings. The van der Waals surface area contributed by atoms with Gasteiger partial charge in [0.2, 0.25) is 0 Å². The zero-order valence-corrected chi connectivity index (χ0v) is 18.7. The first-order valence-electron chi connectivity index (χ1n) is 10.4.